The van der Waals surface area contributed by atoms with Gasteiger partial charge in [-0.2, -0.15) is 0 Å². The maximum absolute atomic E-state index is 2.42. The first kappa shape index (κ1) is 5.10. The van der Waals surface area contributed by atoms with E-state index in [9.17, 15) is 0 Å². The summed E-state index contributed by atoms with van der Waals surface area (Å²) in [5.74, 6) is 0. The highest BCUT2D eigenvalue weighted by atomic mass is 15.0. The van der Waals surface area contributed by atoms with Crippen molar-refractivity contribution in [3.05, 3.63) is 0 Å². The zero-order chi connectivity index (χ0) is 5.33. The topological polar surface area (TPSA) is 16.6 Å². The van der Waals surface area contributed by atoms with E-state index in [-0.39, 0.29) is 0 Å². The van der Waals surface area contributed by atoms with E-state index < -0.39 is 0 Å². The molecule has 0 unspecified atom stereocenters. The molecule has 1 nitrogen and oxygen atoms in total. The van der Waals surface area contributed by atoms with Crippen molar-refractivity contribution in [1.29, 1.82) is 0 Å². The van der Waals surface area contributed by atoms with Gasteiger partial charge in [0.05, 0.1) is 12.1 Å². The van der Waals surface area contributed by atoms with Crippen LogP contribution in [0.4, 0.5) is 0 Å². The first-order chi connectivity index (χ1) is 3.21. The van der Waals surface area contributed by atoms with Gasteiger partial charge in [-0.25, -0.2) is 0 Å². The van der Waals surface area contributed by atoms with Gasteiger partial charge in [-0.15, -0.1) is 0 Å². The molecule has 0 atom stereocenters. The fraction of sp³-hybridized carbons (Fsp3) is 1.00. The van der Waals surface area contributed by atoms with E-state index in [2.05, 4.69) is 19.2 Å². The minimum atomic E-state index is 0.569. The molecule has 2 N–H and O–H groups in total. The molecular weight excluding hydrogens is 86.1 g/mol. The summed E-state index contributed by atoms with van der Waals surface area (Å²) in [7, 11) is 0. The summed E-state index contributed by atoms with van der Waals surface area (Å²) >= 11 is 0. The number of quaternary nitrogens is 1. The van der Waals surface area contributed by atoms with Gasteiger partial charge in [-0.3, -0.25) is 0 Å². The first-order valence-electron chi connectivity index (χ1n) is 3.05. The maximum Gasteiger partial charge on any atom is 0.0906 e. The van der Waals surface area contributed by atoms with Gasteiger partial charge in [0, 0.05) is 12.8 Å². The average Bonchev–Trinajstić information content (AvgIpc) is 1.84. The molecule has 0 aromatic carbocycles. The lowest BCUT2D eigenvalue weighted by Gasteiger charge is -2.11. The van der Waals surface area contributed by atoms with Crippen molar-refractivity contribution in [2.24, 2.45) is 0 Å². The van der Waals surface area contributed by atoms with Crippen LogP contribution in [0.2, 0.25) is 0 Å². The summed E-state index contributed by atoms with van der Waals surface area (Å²) in [5, 5.41) is 2.42. The molecule has 0 aromatic heterocycles. The molecule has 1 saturated heterocycles. The number of rotatable bonds is 0. The summed E-state index contributed by atoms with van der Waals surface area (Å²) in [6.07, 6.45) is 2.81. The Bertz CT molecular complexity index is 58.6. The summed E-state index contributed by atoms with van der Waals surface area (Å²) in [5.41, 5.74) is 0.569. The quantitative estimate of drug-likeness (QED) is 0.445. The largest absolute Gasteiger partial charge is 0.342 e. The van der Waals surface area contributed by atoms with Gasteiger partial charge < -0.3 is 5.32 Å². The van der Waals surface area contributed by atoms with Crippen molar-refractivity contribution >= 4 is 0 Å². The van der Waals surface area contributed by atoms with Crippen LogP contribution in [0.1, 0.15) is 26.7 Å². The standard InChI is InChI=1S/C6H13N/c1-6(2)4-3-5-7-6/h7H,3-5H2,1-2H3/p+1. The number of hydrogen-bond acceptors (Lipinski definition) is 0. The highest BCUT2D eigenvalue weighted by Gasteiger charge is 2.25. The second-order valence-corrected chi connectivity index (χ2v) is 3.08. The Hall–Kier alpha value is -0.0400. The molecular formula is C6H14N+. The lowest BCUT2D eigenvalue weighted by Crippen LogP contribution is -2.91. The predicted molar refractivity (Wildman–Crippen MR) is 30.1 cm³/mol. The van der Waals surface area contributed by atoms with Crippen LogP contribution < -0.4 is 5.32 Å². The molecule has 0 bridgehead atoms. The Morgan fingerprint density at radius 3 is 2.29 bits per heavy atom. The fourth-order valence-corrected chi connectivity index (χ4v) is 1.15. The SMILES string of the molecule is CC1(C)CCC[NH2+]1. The summed E-state index contributed by atoms with van der Waals surface area (Å²) in [4.78, 5) is 0. The van der Waals surface area contributed by atoms with Crippen molar-refractivity contribution in [1.82, 2.24) is 0 Å². The lowest BCUT2D eigenvalue weighted by molar-refractivity contribution is -0.700. The van der Waals surface area contributed by atoms with Crippen molar-refractivity contribution < 1.29 is 5.32 Å². The second-order valence-electron chi connectivity index (χ2n) is 3.08. The van der Waals surface area contributed by atoms with E-state index in [1.54, 1.807) is 0 Å². The molecule has 0 amide bonds. The maximum atomic E-state index is 2.42. The first-order valence-corrected chi connectivity index (χ1v) is 3.05. The molecule has 7 heavy (non-hydrogen) atoms. The monoisotopic (exact) mass is 100 g/mol. The fourth-order valence-electron chi connectivity index (χ4n) is 1.15. The van der Waals surface area contributed by atoms with Gasteiger partial charge in [0.25, 0.3) is 0 Å². The van der Waals surface area contributed by atoms with Gasteiger partial charge in [-0.05, 0) is 13.8 Å². The van der Waals surface area contributed by atoms with Gasteiger partial charge in [0.15, 0.2) is 0 Å². The number of hydrogen-bond donors (Lipinski definition) is 1. The van der Waals surface area contributed by atoms with E-state index >= 15 is 0 Å². The van der Waals surface area contributed by atoms with Gasteiger partial charge in [0.1, 0.15) is 0 Å². The summed E-state index contributed by atoms with van der Waals surface area (Å²) < 4.78 is 0. The van der Waals surface area contributed by atoms with Crippen LogP contribution in [0.25, 0.3) is 0 Å². The van der Waals surface area contributed by atoms with E-state index in [1.165, 1.54) is 19.4 Å². The minimum Gasteiger partial charge on any atom is -0.342 e. The number of nitrogens with two attached hydrogens (primary N) is 1. The van der Waals surface area contributed by atoms with Crippen LogP contribution in [0.3, 0.4) is 0 Å². The summed E-state index contributed by atoms with van der Waals surface area (Å²) in [6, 6.07) is 0. The van der Waals surface area contributed by atoms with Crippen molar-refractivity contribution in [3.8, 4) is 0 Å². The lowest BCUT2D eigenvalue weighted by atomic mass is 10.0. The van der Waals surface area contributed by atoms with Gasteiger partial charge >= 0.3 is 0 Å². The van der Waals surface area contributed by atoms with E-state index in [4.69, 9.17) is 0 Å². The van der Waals surface area contributed by atoms with Crippen LogP contribution in [-0.2, 0) is 0 Å². The molecule has 0 spiro atoms. The Kier molecular flexibility index (Phi) is 1.08. The highest BCUT2D eigenvalue weighted by Crippen LogP contribution is 2.08. The van der Waals surface area contributed by atoms with E-state index in [0.717, 1.165) is 0 Å². The molecule has 0 saturated carbocycles. The van der Waals surface area contributed by atoms with Crippen LogP contribution in [0, 0.1) is 0 Å². The second kappa shape index (κ2) is 1.48. The third-order valence-electron chi connectivity index (χ3n) is 1.72. The average molecular weight is 100 g/mol. The Labute approximate surface area is 45.1 Å². The molecule has 0 aliphatic carbocycles. The third-order valence-corrected chi connectivity index (χ3v) is 1.72. The molecule has 1 fully saturated rings. The van der Waals surface area contributed by atoms with Gasteiger partial charge in [-0.1, -0.05) is 0 Å². The van der Waals surface area contributed by atoms with Crippen LogP contribution in [-0.4, -0.2) is 12.1 Å². The molecule has 0 radical (unpaired) electrons. The van der Waals surface area contributed by atoms with Crippen LogP contribution in [0.15, 0.2) is 0 Å². The molecule has 1 aliphatic heterocycles. The smallest absolute Gasteiger partial charge is 0.0906 e. The summed E-state index contributed by atoms with van der Waals surface area (Å²) in [6.45, 7) is 5.95. The van der Waals surface area contributed by atoms with E-state index in [1.807, 2.05) is 0 Å². The molecule has 0 aromatic rings. The Morgan fingerprint density at radius 2 is 2.14 bits per heavy atom. The molecule has 42 valence electrons. The third kappa shape index (κ3) is 1.16. The Morgan fingerprint density at radius 1 is 1.43 bits per heavy atom. The van der Waals surface area contributed by atoms with Crippen molar-refractivity contribution in [3.63, 3.8) is 0 Å². The van der Waals surface area contributed by atoms with Crippen molar-refractivity contribution in [2.45, 2.75) is 32.2 Å². The van der Waals surface area contributed by atoms with Gasteiger partial charge in [0.2, 0.25) is 0 Å². The zero-order valence-corrected chi connectivity index (χ0v) is 5.20. The molecule has 1 rings (SSSR count). The molecule has 1 heterocycles. The van der Waals surface area contributed by atoms with E-state index in [0.29, 0.717) is 5.54 Å². The highest BCUT2D eigenvalue weighted by molar-refractivity contribution is 4.67. The molecule has 1 heteroatoms. The van der Waals surface area contributed by atoms with Crippen LogP contribution in [0.5, 0.6) is 0 Å². The zero-order valence-electron chi connectivity index (χ0n) is 5.20. The van der Waals surface area contributed by atoms with Crippen molar-refractivity contribution in [2.75, 3.05) is 6.54 Å². The molecule has 1 aliphatic rings. The normalized spacial score (nSPS) is 28.3. The van der Waals surface area contributed by atoms with Crippen LogP contribution >= 0.6 is 0 Å². The Balaban J connectivity index is 2.40. The predicted octanol–water partition coefficient (Wildman–Crippen LogP) is 0.122. The minimum absolute atomic E-state index is 0.569.